The van der Waals surface area contributed by atoms with Crippen LogP contribution in [0.1, 0.15) is 6.42 Å². The number of amides is 2. The summed E-state index contributed by atoms with van der Waals surface area (Å²) >= 11 is 4.85. The number of rotatable bonds is 0. The van der Waals surface area contributed by atoms with Crippen molar-refractivity contribution in [2.45, 2.75) is 11.8 Å². The lowest BCUT2D eigenvalue weighted by molar-refractivity contribution is -0.140. The second kappa shape index (κ2) is 4.57. The Morgan fingerprint density at radius 1 is 1.77 bits per heavy atom. The topological polar surface area (TPSA) is 63.4 Å². The van der Waals surface area contributed by atoms with Gasteiger partial charge in [0.25, 0.3) is 5.24 Å². The molecule has 0 spiro atoms. The molecule has 0 bridgehead atoms. The summed E-state index contributed by atoms with van der Waals surface area (Å²) in [6.45, 7) is 0.830. The Morgan fingerprint density at radius 3 is 2.77 bits per heavy atom. The van der Waals surface area contributed by atoms with Crippen LogP contribution in [0.25, 0.3) is 0 Å². The van der Waals surface area contributed by atoms with E-state index >= 15 is 0 Å². The molecule has 1 saturated heterocycles. The summed E-state index contributed by atoms with van der Waals surface area (Å²) in [4.78, 5) is 21.7. The number of nitrogens with two attached hydrogens (primary N) is 1. The molecule has 2 N–H and O–H groups in total. The van der Waals surface area contributed by atoms with Crippen molar-refractivity contribution in [1.82, 2.24) is 4.90 Å². The van der Waals surface area contributed by atoms with E-state index in [1.807, 2.05) is 11.0 Å². The molecule has 0 saturated carbocycles. The molecule has 0 aromatic rings. The number of thioether (sulfide) groups is 1. The van der Waals surface area contributed by atoms with Crippen LogP contribution in [0.3, 0.4) is 0 Å². The van der Waals surface area contributed by atoms with Gasteiger partial charge >= 0.3 is 0 Å². The average Bonchev–Trinajstić information content (AvgIpc) is 2.02. The van der Waals surface area contributed by atoms with E-state index in [0.717, 1.165) is 13.0 Å². The predicted molar refractivity (Wildman–Crippen MR) is 55.4 cm³/mol. The van der Waals surface area contributed by atoms with Gasteiger partial charge in [-0.25, -0.2) is 0 Å². The molecule has 0 radical (unpaired) electrons. The van der Waals surface area contributed by atoms with Crippen molar-refractivity contribution in [2.24, 2.45) is 5.73 Å². The predicted octanol–water partition coefficient (Wildman–Crippen LogP) is 0.800. The largest absolute Gasteiger partial charge is 0.361 e. The monoisotopic (exact) mass is 218 g/mol. The summed E-state index contributed by atoms with van der Waals surface area (Å²) in [5.41, 5.74) is 4.34. The molecule has 72 valence electrons. The standard InChI is InChI=1S/C6H7NOS.CH3NOS/c8-5-4-6-7(5)2-1-3-9-6;2-1(3)4/h1,3,6H,2,4H2;(H3,2,3,4)/t6-;/m1./s1. The maximum absolute atomic E-state index is 10.7. The highest BCUT2D eigenvalue weighted by atomic mass is 32.2. The lowest BCUT2D eigenvalue weighted by Crippen LogP contribution is -2.51. The number of hydrogen-bond donors (Lipinski definition) is 2. The number of hydrogen-bond acceptors (Lipinski definition) is 3. The second-order valence-corrected chi connectivity index (χ2v) is 4.08. The van der Waals surface area contributed by atoms with Crippen LogP contribution in [0.4, 0.5) is 4.79 Å². The Labute approximate surface area is 85.9 Å². The van der Waals surface area contributed by atoms with Gasteiger partial charge in [-0.05, 0) is 5.41 Å². The zero-order valence-electron chi connectivity index (χ0n) is 6.84. The molecule has 0 unspecified atom stereocenters. The SMILES string of the molecule is NC(=O)S.O=C1C[C@H]2SC=CCN12. The van der Waals surface area contributed by atoms with Crippen LogP contribution in [-0.4, -0.2) is 28.0 Å². The van der Waals surface area contributed by atoms with E-state index in [2.05, 4.69) is 23.8 Å². The number of carbonyl (C=O) groups is 2. The van der Waals surface area contributed by atoms with E-state index < -0.39 is 5.24 Å². The Hall–Kier alpha value is -0.620. The van der Waals surface area contributed by atoms with Gasteiger partial charge in [-0.3, -0.25) is 9.59 Å². The summed E-state index contributed by atoms with van der Waals surface area (Å²) in [7, 11) is 0. The van der Waals surface area contributed by atoms with Gasteiger partial charge in [-0.2, -0.15) is 0 Å². The first-order valence-electron chi connectivity index (χ1n) is 3.69. The quantitative estimate of drug-likeness (QED) is 0.467. The summed E-state index contributed by atoms with van der Waals surface area (Å²) in [6.07, 6.45) is 2.77. The highest BCUT2D eigenvalue weighted by molar-refractivity contribution is 8.02. The lowest BCUT2D eigenvalue weighted by atomic mass is 10.2. The van der Waals surface area contributed by atoms with Crippen LogP contribution in [0.15, 0.2) is 11.5 Å². The Kier molecular flexibility index (Phi) is 3.68. The summed E-state index contributed by atoms with van der Waals surface area (Å²) in [5.74, 6) is 0.303. The molecule has 2 aliphatic heterocycles. The fourth-order valence-corrected chi connectivity index (χ4v) is 2.04. The third-order valence-electron chi connectivity index (χ3n) is 1.65. The summed E-state index contributed by atoms with van der Waals surface area (Å²) < 4.78 is 0. The summed E-state index contributed by atoms with van der Waals surface area (Å²) in [5, 5.41) is 1.91. The van der Waals surface area contributed by atoms with Crippen molar-refractivity contribution < 1.29 is 9.59 Å². The van der Waals surface area contributed by atoms with Gasteiger partial charge in [-0.1, -0.05) is 18.7 Å². The Bertz CT molecular complexity index is 251. The second-order valence-electron chi connectivity index (χ2n) is 2.55. The normalized spacial score (nSPS) is 23.9. The molecule has 0 aromatic carbocycles. The number of carbonyl (C=O) groups excluding carboxylic acids is 2. The minimum Gasteiger partial charge on any atom is -0.361 e. The van der Waals surface area contributed by atoms with Gasteiger partial charge in [0.05, 0.1) is 11.8 Å². The van der Waals surface area contributed by atoms with Crippen LogP contribution in [0.5, 0.6) is 0 Å². The number of nitrogens with zero attached hydrogens (tertiary/aromatic N) is 1. The van der Waals surface area contributed by atoms with Crippen LogP contribution >= 0.6 is 24.4 Å². The van der Waals surface area contributed by atoms with Crippen LogP contribution in [-0.2, 0) is 4.79 Å². The number of β-lactam (4-membered cyclic amide) rings is 1. The van der Waals surface area contributed by atoms with Gasteiger partial charge in [0.15, 0.2) is 0 Å². The molecular formula is C7H10N2O2S2. The van der Waals surface area contributed by atoms with Crippen molar-refractivity contribution in [3.05, 3.63) is 11.5 Å². The molecule has 4 nitrogen and oxygen atoms in total. The van der Waals surface area contributed by atoms with Gasteiger partial charge in [0.2, 0.25) is 5.91 Å². The first-order chi connectivity index (χ1) is 6.11. The molecule has 0 aromatic heterocycles. The van der Waals surface area contributed by atoms with Gasteiger partial charge in [0.1, 0.15) is 0 Å². The number of primary amides is 1. The van der Waals surface area contributed by atoms with E-state index in [4.69, 9.17) is 4.79 Å². The molecule has 2 aliphatic rings. The third kappa shape index (κ3) is 2.96. The summed E-state index contributed by atoms with van der Waals surface area (Å²) in [6, 6.07) is 0. The van der Waals surface area contributed by atoms with Crippen molar-refractivity contribution in [3.63, 3.8) is 0 Å². The molecule has 13 heavy (non-hydrogen) atoms. The number of thiol groups is 1. The zero-order valence-corrected chi connectivity index (χ0v) is 8.55. The fraction of sp³-hybridized carbons (Fsp3) is 0.429. The minimum absolute atomic E-state index is 0.303. The highest BCUT2D eigenvalue weighted by Gasteiger charge is 2.36. The maximum atomic E-state index is 10.7. The van der Waals surface area contributed by atoms with Crippen LogP contribution in [0, 0.1) is 0 Å². The smallest absolute Gasteiger partial charge is 0.273 e. The maximum Gasteiger partial charge on any atom is 0.273 e. The molecule has 2 amide bonds. The van der Waals surface area contributed by atoms with E-state index in [1.54, 1.807) is 11.8 Å². The minimum atomic E-state index is -0.639. The zero-order chi connectivity index (χ0) is 9.84. The Morgan fingerprint density at radius 2 is 2.38 bits per heavy atom. The van der Waals surface area contributed by atoms with Crippen molar-refractivity contribution in [3.8, 4) is 0 Å². The molecule has 1 atom stereocenters. The van der Waals surface area contributed by atoms with E-state index in [1.165, 1.54) is 0 Å². The van der Waals surface area contributed by atoms with Crippen molar-refractivity contribution >= 4 is 35.5 Å². The van der Waals surface area contributed by atoms with Gasteiger partial charge in [0, 0.05) is 6.54 Å². The van der Waals surface area contributed by atoms with Gasteiger partial charge < -0.3 is 10.6 Å². The number of fused-ring (bicyclic) bond motifs is 1. The molecule has 2 rings (SSSR count). The van der Waals surface area contributed by atoms with E-state index in [-0.39, 0.29) is 0 Å². The first-order valence-corrected chi connectivity index (χ1v) is 5.08. The van der Waals surface area contributed by atoms with Crippen molar-refractivity contribution in [1.29, 1.82) is 0 Å². The average molecular weight is 218 g/mol. The van der Waals surface area contributed by atoms with Crippen molar-refractivity contribution in [2.75, 3.05) is 6.54 Å². The van der Waals surface area contributed by atoms with Crippen LogP contribution < -0.4 is 5.73 Å². The fourth-order valence-electron chi connectivity index (χ4n) is 1.07. The third-order valence-corrected chi connectivity index (χ3v) is 2.74. The van der Waals surface area contributed by atoms with Gasteiger partial charge in [-0.15, -0.1) is 11.8 Å². The molecular weight excluding hydrogens is 208 g/mol. The Balaban J connectivity index is 0.000000184. The van der Waals surface area contributed by atoms with Crippen LogP contribution in [0.2, 0.25) is 0 Å². The molecule has 0 aliphatic carbocycles. The molecule has 2 heterocycles. The highest BCUT2D eigenvalue weighted by Crippen LogP contribution is 2.32. The first kappa shape index (κ1) is 10.5. The molecule has 6 heteroatoms. The molecule has 1 fully saturated rings. The van der Waals surface area contributed by atoms with E-state index in [9.17, 15) is 4.79 Å². The van der Waals surface area contributed by atoms with E-state index in [0.29, 0.717) is 11.3 Å². The lowest BCUT2D eigenvalue weighted by Gasteiger charge is -2.40.